The van der Waals surface area contributed by atoms with Gasteiger partial charge in [0.2, 0.25) is 0 Å². The molecule has 2 nitrogen and oxygen atoms in total. The van der Waals surface area contributed by atoms with Gasteiger partial charge in [-0.1, -0.05) is 20.3 Å². The summed E-state index contributed by atoms with van der Waals surface area (Å²) in [6, 6.07) is 0. The first-order valence-corrected chi connectivity index (χ1v) is 5.21. The molecule has 0 spiro atoms. The predicted molar refractivity (Wildman–Crippen MR) is 52.4 cm³/mol. The van der Waals surface area contributed by atoms with Gasteiger partial charge < -0.3 is 4.74 Å². The van der Waals surface area contributed by atoms with E-state index in [-0.39, 0.29) is 11.4 Å². The molecule has 76 valence electrons. The molecule has 1 fully saturated rings. The molecule has 0 amide bonds. The molecule has 0 aromatic heterocycles. The molecule has 2 atom stereocenters. The van der Waals surface area contributed by atoms with Gasteiger partial charge in [-0.3, -0.25) is 4.79 Å². The zero-order chi connectivity index (χ0) is 9.90. The van der Waals surface area contributed by atoms with Crippen molar-refractivity contribution < 1.29 is 9.53 Å². The van der Waals surface area contributed by atoms with Gasteiger partial charge in [-0.25, -0.2) is 0 Å². The van der Waals surface area contributed by atoms with Gasteiger partial charge in [0.1, 0.15) is 0 Å². The third-order valence-electron chi connectivity index (χ3n) is 2.96. The van der Waals surface area contributed by atoms with Crippen LogP contribution in [0.25, 0.3) is 0 Å². The molecule has 0 aromatic carbocycles. The van der Waals surface area contributed by atoms with Gasteiger partial charge >= 0.3 is 5.97 Å². The Labute approximate surface area is 80.7 Å². The summed E-state index contributed by atoms with van der Waals surface area (Å²) < 4.78 is 4.97. The molecular formula is C11H20O2. The SMILES string of the molecule is CCOC(=O)CC1(C)CCC(C)C1. The molecule has 0 heterocycles. The Morgan fingerprint density at radius 3 is 2.77 bits per heavy atom. The zero-order valence-corrected chi connectivity index (χ0v) is 8.93. The van der Waals surface area contributed by atoms with E-state index in [1.165, 1.54) is 19.3 Å². The predicted octanol–water partition coefficient (Wildman–Crippen LogP) is 2.77. The van der Waals surface area contributed by atoms with Crippen LogP contribution in [-0.4, -0.2) is 12.6 Å². The van der Waals surface area contributed by atoms with Crippen LogP contribution in [-0.2, 0) is 9.53 Å². The van der Waals surface area contributed by atoms with Crippen LogP contribution in [0.15, 0.2) is 0 Å². The second-order valence-corrected chi connectivity index (χ2v) is 4.64. The van der Waals surface area contributed by atoms with E-state index >= 15 is 0 Å². The molecule has 0 aliphatic heterocycles. The summed E-state index contributed by atoms with van der Waals surface area (Å²) in [6.07, 6.45) is 4.21. The maximum Gasteiger partial charge on any atom is 0.306 e. The van der Waals surface area contributed by atoms with Crippen LogP contribution < -0.4 is 0 Å². The lowest BCUT2D eigenvalue weighted by molar-refractivity contribution is -0.145. The minimum atomic E-state index is -0.0286. The van der Waals surface area contributed by atoms with E-state index in [1.807, 2.05) is 6.92 Å². The van der Waals surface area contributed by atoms with Crippen LogP contribution in [0.2, 0.25) is 0 Å². The second kappa shape index (κ2) is 4.12. The molecule has 0 bridgehead atoms. The molecule has 1 saturated carbocycles. The van der Waals surface area contributed by atoms with E-state index in [0.717, 1.165) is 5.92 Å². The third-order valence-corrected chi connectivity index (χ3v) is 2.96. The lowest BCUT2D eigenvalue weighted by Crippen LogP contribution is -2.19. The van der Waals surface area contributed by atoms with Crippen molar-refractivity contribution in [3.05, 3.63) is 0 Å². The Bertz CT molecular complexity index is 189. The van der Waals surface area contributed by atoms with E-state index in [2.05, 4.69) is 13.8 Å². The van der Waals surface area contributed by atoms with Crippen molar-refractivity contribution in [3.8, 4) is 0 Å². The summed E-state index contributed by atoms with van der Waals surface area (Å²) in [5.74, 6) is 0.749. The van der Waals surface area contributed by atoms with Crippen LogP contribution in [0, 0.1) is 11.3 Å². The van der Waals surface area contributed by atoms with E-state index in [1.54, 1.807) is 0 Å². The maximum atomic E-state index is 11.3. The Morgan fingerprint density at radius 2 is 2.31 bits per heavy atom. The van der Waals surface area contributed by atoms with Crippen molar-refractivity contribution in [2.45, 2.75) is 46.5 Å². The number of carbonyl (C=O) groups is 1. The van der Waals surface area contributed by atoms with E-state index in [9.17, 15) is 4.79 Å². The molecule has 1 aliphatic rings. The largest absolute Gasteiger partial charge is 0.466 e. The fourth-order valence-electron chi connectivity index (χ4n) is 2.36. The highest BCUT2D eigenvalue weighted by Gasteiger charge is 2.35. The Kier molecular flexibility index (Phi) is 3.34. The van der Waals surface area contributed by atoms with Gasteiger partial charge in [0.25, 0.3) is 0 Å². The van der Waals surface area contributed by atoms with Crippen LogP contribution in [0.3, 0.4) is 0 Å². The monoisotopic (exact) mass is 184 g/mol. The first-order valence-electron chi connectivity index (χ1n) is 5.21. The number of carbonyl (C=O) groups excluding carboxylic acids is 1. The normalized spacial score (nSPS) is 33.3. The zero-order valence-electron chi connectivity index (χ0n) is 8.93. The topological polar surface area (TPSA) is 26.3 Å². The standard InChI is InChI=1S/C11H20O2/c1-4-13-10(12)8-11(3)6-5-9(2)7-11/h9H,4-8H2,1-3H3. The molecule has 2 unspecified atom stereocenters. The van der Waals surface area contributed by atoms with Gasteiger partial charge in [0, 0.05) is 0 Å². The molecule has 13 heavy (non-hydrogen) atoms. The fourth-order valence-corrected chi connectivity index (χ4v) is 2.36. The second-order valence-electron chi connectivity index (χ2n) is 4.64. The highest BCUT2D eigenvalue weighted by molar-refractivity contribution is 5.70. The Balaban J connectivity index is 2.39. The van der Waals surface area contributed by atoms with Gasteiger partial charge in [-0.15, -0.1) is 0 Å². The lowest BCUT2D eigenvalue weighted by atomic mass is 9.84. The maximum absolute atomic E-state index is 11.3. The highest BCUT2D eigenvalue weighted by atomic mass is 16.5. The van der Waals surface area contributed by atoms with Crippen LogP contribution in [0.5, 0.6) is 0 Å². The summed E-state index contributed by atoms with van der Waals surface area (Å²) in [5, 5.41) is 0. The van der Waals surface area contributed by atoms with Crippen LogP contribution >= 0.6 is 0 Å². The minimum Gasteiger partial charge on any atom is -0.466 e. The van der Waals surface area contributed by atoms with Crippen LogP contribution in [0.4, 0.5) is 0 Å². The number of hydrogen-bond donors (Lipinski definition) is 0. The molecule has 2 heteroatoms. The summed E-state index contributed by atoms with van der Waals surface area (Å²) in [6.45, 7) is 6.83. The number of esters is 1. The van der Waals surface area contributed by atoms with E-state index < -0.39 is 0 Å². The van der Waals surface area contributed by atoms with Gasteiger partial charge in [0.05, 0.1) is 13.0 Å². The van der Waals surface area contributed by atoms with E-state index in [0.29, 0.717) is 13.0 Å². The van der Waals surface area contributed by atoms with Crippen molar-refractivity contribution in [2.75, 3.05) is 6.61 Å². The third kappa shape index (κ3) is 3.02. The quantitative estimate of drug-likeness (QED) is 0.630. The van der Waals surface area contributed by atoms with Crippen molar-refractivity contribution in [2.24, 2.45) is 11.3 Å². The van der Waals surface area contributed by atoms with E-state index in [4.69, 9.17) is 4.74 Å². The average molecular weight is 184 g/mol. The molecule has 1 aliphatic carbocycles. The fraction of sp³-hybridized carbons (Fsp3) is 0.909. The van der Waals surface area contributed by atoms with Crippen molar-refractivity contribution in [1.82, 2.24) is 0 Å². The summed E-state index contributed by atoms with van der Waals surface area (Å²) in [5.41, 5.74) is 0.214. The summed E-state index contributed by atoms with van der Waals surface area (Å²) in [7, 11) is 0. The van der Waals surface area contributed by atoms with Crippen LogP contribution in [0.1, 0.15) is 46.5 Å². The first-order chi connectivity index (χ1) is 6.06. The molecule has 1 rings (SSSR count). The molecule has 0 saturated heterocycles. The molecular weight excluding hydrogens is 164 g/mol. The smallest absolute Gasteiger partial charge is 0.306 e. The molecule has 0 radical (unpaired) electrons. The first kappa shape index (κ1) is 10.6. The molecule has 0 aromatic rings. The highest BCUT2D eigenvalue weighted by Crippen LogP contribution is 2.43. The van der Waals surface area contributed by atoms with Gasteiger partial charge in [-0.05, 0) is 31.1 Å². The lowest BCUT2D eigenvalue weighted by Gasteiger charge is -2.22. The van der Waals surface area contributed by atoms with Crippen molar-refractivity contribution in [3.63, 3.8) is 0 Å². The molecule has 0 N–H and O–H groups in total. The van der Waals surface area contributed by atoms with Crippen molar-refractivity contribution >= 4 is 5.97 Å². The number of rotatable bonds is 3. The minimum absolute atomic E-state index is 0.0286. The van der Waals surface area contributed by atoms with Crippen molar-refractivity contribution in [1.29, 1.82) is 0 Å². The number of ether oxygens (including phenoxy) is 1. The summed E-state index contributed by atoms with van der Waals surface area (Å²) in [4.78, 5) is 11.3. The Hall–Kier alpha value is -0.530. The average Bonchev–Trinajstić information content (AvgIpc) is 2.30. The summed E-state index contributed by atoms with van der Waals surface area (Å²) >= 11 is 0. The number of hydrogen-bond acceptors (Lipinski definition) is 2. The van der Waals surface area contributed by atoms with Gasteiger partial charge in [-0.2, -0.15) is 0 Å². The van der Waals surface area contributed by atoms with Gasteiger partial charge in [0.15, 0.2) is 0 Å². The Morgan fingerprint density at radius 1 is 1.62 bits per heavy atom.